The van der Waals surface area contributed by atoms with Gasteiger partial charge in [0.1, 0.15) is 11.3 Å². The van der Waals surface area contributed by atoms with Gasteiger partial charge in [-0.15, -0.1) is 0 Å². The molecule has 0 unspecified atom stereocenters. The van der Waals surface area contributed by atoms with Crippen LogP contribution < -0.4 is 10.1 Å². The van der Waals surface area contributed by atoms with Gasteiger partial charge in [0.15, 0.2) is 5.58 Å². The molecule has 3 aromatic carbocycles. The number of carbonyl (C=O) groups is 1. The minimum absolute atomic E-state index is 0.276. The lowest BCUT2D eigenvalue weighted by molar-refractivity contribution is 0.102. The first-order chi connectivity index (χ1) is 14.4. The highest BCUT2D eigenvalue weighted by Gasteiger charge is 2.18. The average Bonchev–Trinajstić information content (AvgIpc) is 3.12. The molecule has 7 heteroatoms. The van der Waals surface area contributed by atoms with Gasteiger partial charge in [-0.2, -0.15) is 0 Å². The third-order valence-corrected chi connectivity index (χ3v) is 5.78. The highest BCUT2D eigenvalue weighted by atomic mass is 79.9. The molecule has 1 heterocycles. The Morgan fingerprint density at radius 2 is 1.87 bits per heavy atom. The number of rotatable bonds is 4. The number of aromatic nitrogens is 1. The van der Waals surface area contributed by atoms with E-state index in [1.807, 2.05) is 56.3 Å². The molecule has 0 fully saturated rings. The molecule has 1 aromatic heterocycles. The van der Waals surface area contributed by atoms with Crippen LogP contribution in [0.2, 0.25) is 0 Å². The zero-order chi connectivity index (χ0) is 21.4. The fourth-order valence-electron chi connectivity index (χ4n) is 3.18. The second-order valence-corrected chi connectivity index (χ2v) is 8.71. The first-order valence-electron chi connectivity index (χ1n) is 9.18. The summed E-state index contributed by atoms with van der Waals surface area (Å²) in [4.78, 5) is 17.6. The Morgan fingerprint density at radius 3 is 2.63 bits per heavy atom. The van der Waals surface area contributed by atoms with Crippen molar-refractivity contribution in [3.8, 4) is 17.2 Å². The van der Waals surface area contributed by atoms with Crippen LogP contribution in [0.1, 0.15) is 21.5 Å². The number of oxazole rings is 1. The van der Waals surface area contributed by atoms with E-state index in [4.69, 9.17) is 9.15 Å². The van der Waals surface area contributed by atoms with Crippen molar-refractivity contribution < 1.29 is 13.9 Å². The van der Waals surface area contributed by atoms with Crippen LogP contribution in [0.5, 0.6) is 5.75 Å². The molecule has 0 bridgehead atoms. The third kappa shape index (κ3) is 4.00. The van der Waals surface area contributed by atoms with E-state index < -0.39 is 0 Å². The zero-order valence-corrected chi connectivity index (χ0v) is 19.7. The predicted octanol–water partition coefficient (Wildman–Crippen LogP) is 6.90. The topological polar surface area (TPSA) is 64.4 Å². The highest BCUT2D eigenvalue weighted by molar-refractivity contribution is 9.11. The van der Waals surface area contributed by atoms with Crippen molar-refractivity contribution >= 4 is 54.6 Å². The Balaban J connectivity index is 1.69. The van der Waals surface area contributed by atoms with Gasteiger partial charge in [-0.1, -0.05) is 28.1 Å². The number of halogens is 2. The normalized spacial score (nSPS) is 11.0. The number of carbonyl (C=O) groups excluding carboxylic acids is 1. The quantitative estimate of drug-likeness (QED) is 0.312. The van der Waals surface area contributed by atoms with Crippen LogP contribution in [0.4, 0.5) is 5.69 Å². The van der Waals surface area contributed by atoms with Crippen molar-refractivity contribution in [1.82, 2.24) is 4.98 Å². The summed E-state index contributed by atoms with van der Waals surface area (Å²) >= 11 is 6.86. The summed E-state index contributed by atoms with van der Waals surface area (Å²) in [5.74, 6) is 0.704. The Labute approximate surface area is 190 Å². The Morgan fingerprint density at radius 1 is 1.07 bits per heavy atom. The molecule has 0 aliphatic carbocycles. The second kappa shape index (κ2) is 8.24. The van der Waals surface area contributed by atoms with Crippen LogP contribution in [-0.2, 0) is 0 Å². The monoisotopic (exact) mass is 528 g/mol. The van der Waals surface area contributed by atoms with E-state index in [1.165, 1.54) is 7.11 Å². The maximum Gasteiger partial charge on any atom is 0.259 e. The van der Waals surface area contributed by atoms with E-state index in [-0.39, 0.29) is 5.91 Å². The summed E-state index contributed by atoms with van der Waals surface area (Å²) < 4.78 is 12.8. The molecule has 0 saturated carbocycles. The van der Waals surface area contributed by atoms with Crippen molar-refractivity contribution in [2.24, 2.45) is 0 Å². The van der Waals surface area contributed by atoms with Crippen molar-refractivity contribution in [2.45, 2.75) is 13.8 Å². The molecule has 0 saturated heterocycles. The van der Waals surface area contributed by atoms with Crippen LogP contribution in [0.15, 0.2) is 61.9 Å². The number of hydrogen-bond acceptors (Lipinski definition) is 4. The van der Waals surface area contributed by atoms with Crippen LogP contribution in [0.3, 0.4) is 0 Å². The number of methoxy groups -OCH3 is 1. The predicted molar refractivity (Wildman–Crippen MR) is 125 cm³/mol. The Hall–Kier alpha value is -2.64. The summed E-state index contributed by atoms with van der Waals surface area (Å²) in [5.41, 5.74) is 5.45. The minimum atomic E-state index is -0.276. The molecule has 0 aliphatic heterocycles. The Kier molecular flexibility index (Phi) is 5.66. The van der Waals surface area contributed by atoms with E-state index in [0.29, 0.717) is 27.4 Å². The number of ether oxygens (including phenoxy) is 1. The number of aryl methyl sites for hydroxylation is 2. The standard InChI is InChI=1S/C23H18Br2N2O3/c1-12-4-7-20-19(8-12)27-23(30-20)14-6-5-13(2)18(9-14)26-22(28)16-10-15(24)11-17(25)21(16)29-3/h4-11H,1-3H3,(H,26,28). The average molecular weight is 530 g/mol. The lowest BCUT2D eigenvalue weighted by Gasteiger charge is -2.13. The van der Waals surface area contributed by atoms with Gasteiger partial charge in [-0.05, 0) is 77.3 Å². The SMILES string of the molecule is COc1c(Br)cc(Br)cc1C(=O)Nc1cc(-c2nc3cc(C)ccc3o2)ccc1C. The maximum atomic E-state index is 13.0. The molecule has 0 spiro atoms. The largest absolute Gasteiger partial charge is 0.495 e. The summed E-state index contributed by atoms with van der Waals surface area (Å²) in [7, 11) is 1.53. The Bertz CT molecular complexity index is 1280. The fraction of sp³-hybridized carbons (Fsp3) is 0.130. The molecule has 0 radical (unpaired) electrons. The van der Waals surface area contributed by atoms with Crippen molar-refractivity contribution in [1.29, 1.82) is 0 Å². The molecule has 152 valence electrons. The van der Waals surface area contributed by atoms with E-state index in [2.05, 4.69) is 42.2 Å². The van der Waals surface area contributed by atoms with Gasteiger partial charge in [0.05, 0.1) is 17.1 Å². The number of anilines is 1. The van der Waals surface area contributed by atoms with E-state index in [0.717, 1.165) is 32.3 Å². The molecule has 0 aliphatic rings. The van der Waals surface area contributed by atoms with Crippen LogP contribution in [0.25, 0.3) is 22.6 Å². The number of amides is 1. The molecule has 0 atom stereocenters. The lowest BCUT2D eigenvalue weighted by Crippen LogP contribution is -2.14. The molecule has 4 rings (SSSR count). The molecule has 1 N–H and O–H groups in total. The number of fused-ring (bicyclic) bond motifs is 1. The van der Waals surface area contributed by atoms with E-state index >= 15 is 0 Å². The number of nitrogens with one attached hydrogen (secondary N) is 1. The van der Waals surface area contributed by atoms with Gasteiger partial charge in [-0.25, -0.2) is 4.98 Å². The molecular formula is C23H18Br2N2O3. The van der Waals surface area contributed by atoms with Gasteiger partial charge in [0, 0.05) is 15.7 Å². The maximum absolute atomic E-state index is 13.0. The van der Waals surface area contributed by atoms with E-state index in [9.17, 15) is 4.79 Å². The van der Waals surface area contributed by atoms with Crippen molar-refractivity contribution in [2.75, 3.05) is 12.4 Å². The first-order valence-corrected chi connectivity index (χ1v) is 10.8. The highest BCUT2D eigenvalue weighted by Crippen LogP contribution is 2.34. The van der Waals surface area contributed by atoms with Gasteiger partial charge in [0.2, 0.25) is 5.89 Å². The summed E-state index contributed by atoms with van der Waals surface area (Å²) in [6, 6.07) is 15.2. The van der Waals surface area contributed by atoms with Crippen LogP contribution in [0, 0.1) is 13.8 Å². The smallest absolute Gasteiger partial charge is 0.259 e. The van der Waals surface area contributed by atoms with Gasteiger partial charge >= 0.3 is 0 Å². The zero-order valence-electron chi connectivity index (χ0n) is 16.5. The molecule has 30 heavy (non-hydrogen) atoms. The summed E-state index contributed by atoms with van der Waals surface area (Å²) in [5, 5.41) is 2.98. The second-order valence-electron chi connectivity index (χ2n) is 6.94. The number of nitrogens with zero attached hydrogens (tertiary/aromatic N) is 1. The first kappa shape index (κ1) is 20.6. The van der Waals surface area contributed by atoms with Gasteiger partial charge < -0.3 is 14.5 Å². The number of benzene rings is 3. The summed E-state index contributed by atoms with van der Waals surface area (Å²) in [6.07, 6.45) is 0. The minimum Gasteiger partial charge on any atom is -0.495 e. The molecule has 4 aromatic rings. The van der Waals surface area contributed by atoms with Crippen molar-refractivity contribution in [3.63, 3.8) is 0 Å². The molecule has 5 nitrogen and oxygen atoms in total. The van der Waals surface area contributed by atoms with Crippen molar-refractivity contribution in [3.05, 3.63) is 74.2 Å². The van der Waals surface area contributed by atoms with E-state index in [1.54, 1.807) is 6.07 Å². The van der Waals surface area contributed by atoms with Crippen LogP contribution >= 0.6 is 31.9 Å². The van der Waals surface area contributed by atoms with Gasteiger partial charge in [0.25, 0.3) is 5.91 Å². The molecular weight excluding hydrogens is 512 g/mol. The third-order valence-electron chi connectivity index (χ3n) is 4.73. The molecule has 1 amide bonds. The fourth-order valence-corrected chi connectivity index (χ4v) is 4.56. The lowest BCUT2D eigenvalue weighted by atomic mass is 10.1. The van der Waals surface area contributed by atoms with Crippen LogP contribution in [-0.4, -0.2) is 18.0 Å². The summed E-state index contributed by atoms with van der Waals surface area (Å²) in [6.45, 7) is 3.95. The van der Waals surface area contributed by atoms with Gasteiger partial charge in [-0.3, -0.25) is 4.79 Å². The number of hydrogen-bond donors (Lipinski definition) is 1.